The van der Waals surface area contributed by atoms with Crippen molar-refractivity contribution in [3.63, 3.8) is 0 Å². The van der Waals surface area contributed by atoms with Gasteiger partial charge in [-0.1, -0.05) is 49.8 Å². The molecule has 2 aromatic carbocycles. The number of phenolic OH excluding ortho intramolecular Hbond substituents is 1. The van der Waals surface area contributed by atoms with Crippen LogP contribution in [0.1, 0.15) is 58.1 Å². The molecule has 0 saturated carbocycles. The first-order valence-corrected chi connectivity index (χ1v) is 10.4. The van der Waals surface area contributed by atoms with E-state index < -0.39 is 5.83 Å². The summed E-state index contributed by atoms with van der Waals surface area (Å²) in [6.45, 7) is 14.4. The fourth-order valence-electron chi connectivity index (χ4n) is 4.33. The van der Waals surface area contributed by atoms with Crippen molar-refractivity contribution in [2.75, 3.05) is 0 Å². The van der Waals surface area contributed by atoms with Crippen molar-refractivity contribution in [2.45, 2.75) is 53.9 Å². The molecule has 158 valence electrons. The zero-order chi connectivity index (χ0) is 22.1. The third-order valence-corrected chi connectivity index (χ3v) is 6.03. The molecule has 0 fully saturated rings. The van der Waals surface area contributed by atoms with Crippen molar-refractivity contribution in [1.82, 2.24) is 0 Å². The molecule has 0 amide bonds. The minimum Gasteiger partial charge on any atom is -0.504 e. The molecule has 3 rings (SSSR count). The Morgan fingerprint density at radius 2 is 1.77 bits per heavy atom. The second-order valence-electron chi connectivity index (χ2n) is 8.88. The lowest BCUT2D eigenvalue weighted by molar-refractivity contribution is 0.373. The highest BCUT2D eigenvalue weighted by Crippen LogP contribution is 2.47. The standard InChI is InChI=1S/C27H31FO2/c1-17-12-14-21(15-13-17)30-23-11-7-10-22(26(23)29)25(28)20(4)19(3)24-18(2)9-8-16-27(24,5)6/h7,10-15,29H,3,8-9,16H2,1-2,4-6H3. The summed E-state index contributed by atoms with van der Waals surface area (Å²) in [5.41, 5.74) is 4.74. The summed E-state index contributed by atoms with van der Waals surface area (Å²) in [6.07, 6.45) is 3.20. The maximum Gasteiger partial charge on any atom is 0.169 e. The molecule has 3 heteroatoms. The molecule has 0 saturated heterocycles. The fraction of sp³-hybridized carbons (Fsp3) is 0.333. The van der Waals surface area contributed by atoms with E-state index in [0.29, 0.717) is 16.9 Å². The molecule has 0 bridgehead atoms. The van der Waals surface area contributed by atoms with Gasteiger partial charge in [0.1, 0.15) is 11.6 Å². The van der Waals surface area contributed by atoms with Crippen molar-refractivity contribution in [1.29, 1.82) is 0 Å². The Labute approximate surface area is 179 Å². The first-order valence-electron chi connectivity index (χ1n) is 10.4. The van der Waals surface area contributed by atoms with Crippen LogP contribution in [0.2, 0.25) is 0 Å². The van der Waals surface area contributed by atoms with E-state index in [0.717, 1.165) is 30.4 Å². The Kier molecular flexibility index (Phi) is 6.21. The van der Waals surface area contributed by atoms with Crippen molar-refractivity contribution >= 4 is 5.83 Å². The number of ether oxygens (including phenoxy) is 1. The first kappa shape index (κ1) is 21.9. The molecule has 0 aromatic heterocycles. The van der Waals surface area contributed by atoms with Gasteiger partial charge in [0, 0.05) is 0 Å². The van der Waals surface area contributed by atoms with E-state index in [1.165, 1.54) is 5.57 Å². The summed E-state index contributed by atoms with van der Waals surface area (Å²) in [5.74, 6) is 0.117. The van der Waals surface area contributed by atoms with Gasteiger partial charge in [-0.15, -0.1) is 0 Å². The smallest absolute Gasteiger partial charge is 0.169 e. The lowest BCUT2D eigenvalue weighted by atomic mass is 9.69. The second kappa shape index (κ2) is 8.51. The predicted octanol–water partition coefficient (Wildman–Crippen LogP) is 8.28. The molecule has 1 aliphatic rings. The number of para-hydroxylation sites is 1. The zero-order valence-corrected chi connectivity index (χ0v) is 18.6. The predicted molar refractivity (Wildman–Crippen MR) is 123 cm³/mol. The Bertz CT molecular complexity index is 1020. The number of phenols is 1. The highest BCUT2D eigenvalue weighted by atomic mass is 19.1. The summed E-state index contributed by atoms with van der Waals surface area (Å²) in [4.78, 5) is 0. The van der Waals surface area contributed by atoms with Gasteiger partial charge in [-0.05, 0) is 86.4 Å². The van der Waals surface area contributed by atoms with Gasteiger partial charge in [0.05, 0.1) is 5.56 Å². The fourth-order valence-corrected chi connectivity index (χ4v) is 4.33. The maximum atomic E-state index is 15.5. The lowest BCUT2D eigenvalue weighted by Gasteiger charge is -2.36. The van der Waals surface area contributed by atoms with E-state index in [4.69, 9.17) is 4.74 Å². The van der Waals surface area contributed by atoms with Gasteiger partial charge in [-0.2, -0.15) is 0 Å². The van der Waals surface area contributed by atoms with Crippen LogP contribution in [0.25, 0.3) is 5.83 Å². The molecular weight excluding hydrogens is 375 g/mol. The van der Waals surface area contributed by atoms with Crippen LogP contribution in [0.5, 0.6) is 17.2 Å². The molecule has 30 heavy (non-hydrogen) atoms. The van der Waals surface area contributed by atoms with Gasteiger partial charge in [0.25, 0.3) is 0 Å². The summed E-state index contributed by atoms with van der Waals surface area (Å²) in [6, 6.07) is 12.4. The van der Waals surface area contributed by atoms with E-state index in [1.54, 1.807) is 25.1 Å². The van der Waals surface area contributed by atoms with E-state index in [-0.39, 0.29) is 22.5 Å². The van der Waals surface area contributed by atoms with Crippen LogP contribution in [0.4, 0.5) is 4.39 Å². The van der Waals surface area contributed by atoms with E-state index in [2.05, 4.69) is 27.4 Å². The van der Waals surface area contributed by atoms with Crippen molar-refractivity contribution in [3.05, 3.63) is 82.5 Å². The maximum absolute atomic E-state index is 15.5. The van der Waals surface area contributed by atoms with Gasteiger partial charge in [-0.3, -0.25) is 0 Å². The van der Waals surface area contributed by atoms with Gasteiger partial charge in [0.15, 0.2) is 11.5 Å². The number of aromatic hydroxyl groups is 1. The molecule has 2 aromatic rings. The van der Waals surface area contributed by atoms with E-state index >= 15 is 4.39 Å². The third-order valence-electron chi connectivity index (χ3n) is 6.03. The molecule has 2 nitrogen and oxygen atoms in total. The molecule has 0 atom stereocenters. The minimum absolute atomic E-state index is 0.0423. The molecule has 0 heterocycles. The molecule has 1 aliphatic carbocycles. The van der Waals surface area contributed by atoms with Gasteiger partial charge >= 0.3 is 0 Å². The summed E-state index contributed by atoms with van der Waals surface area (Å²) in [5, 5.41) is 10.7. The average molecular weight is 407 g/mol. The van der Waals surface area contributed by atoms with Gasteiger partial charge in [-0.25, -0.2) is 4.39 Å². The Hall–Kier alpha value is -2.81. The number of aryl methyl sites for hydroxylation is 1. The van der Waals surface area contributed by atoms with Crippen molar-refractivity contribution in [3.8, 4) is 17.2 Å². The molecule has 0 spiro atoms. The lowest BCUT2D eigenvalue weighted by Crippen LogP contribution is -2.22. The second-order valence-corrected chi connectivity index (χ2v) is 8.88. The zero-order valence-electron chi connectivity index (χ0n) is 18.6. The van der Waals surface area contributed by atoms with Crippen LogP contribution in [0.15, 0.2) is 71.3 Å². The largest absolute Gasteiger partial charge is 0.504 e. The molecule has 0 unspecified atom stereocenters. The number of halogens is 1. The number of rotatable bonds is 5. The van der Waals surface area contributed by atoms with E-state index in [9.17, 15) is 5.11 Å². The topological polar surface area (TPSA) is 29.5 Å². The molecular formula is C27H31FO2. The van der Waals surface area contributed by atoms with Crippen LogP contribution >= 0.6 is 0 Å². The number of benzene rings is 2. The van der Waals surface area contributed by atoms with Crippen LogP contribution in [0.3, 0.4) is 0 Å². The SMILES string of the molecule is C=C(C(C)=C(F)c1cccc(Oc2ccc(C)cc2)c1O)C1=C(C)CCCC1(C)C. The van der Waals surface area contributed by atoms with Crippen molar-refractivity contribution in [2.24, 2.45) is 5.41 Å². The van der Waals surface area contributed by atoms with Crippen LogP contribution in [-0.2, 0) is 0 Å². The Morgan fingerprint density at radius 1 is 1.10 bits per heavy atom. The Morgan fingerprint density at radius 3 is 2.40 bits per heavy atom. The normalized spacial score (nSPS) is 16.9. The minimum atomic E-state index is -0.478. The van der Waals surface area contributed by atoms with E-state index in [1.807, 2.05) is 31.2 Å². The number of hydrogen-bond donors (Lipinski definition) is 1. The number of hydrogen-bond acceptors (Lipinski definition) is 2. The van der Waals surface area contributed by atoms with Crippen LogP contribution < -0.4 is 4.74 Å². The monoisotopic (exact) mass is 406 g/mol. The summed E-state index contributed by atoms with van der Waals surface area (Å²) < 4.78 is 21.3. The highest BCUT2D eigenvalue weighted by Gasteiger charge is 2.31. The van der Waals surface area contributed by atoms with Gasteiger partial charge < -0.3 is 9.84 Å². The quantitative estimate of drug-likeness (QED) is 0.506. The third kappa shape index (κ3) is 4.35. The van der Waals surface area contributed by atoms with Crippen LogP contribution in [-0.4, -0.2) is 5.11 Å². The molecule has 0 radical (unpaired) electrons. The summed E-state index contributed by atoms with van der Waals surface area (Å²) >= 11 is 0. The number of allylic oxidation sites excluding steroid dienone is 4. The highest BCUT2D eigenvalue weighted by molar-refractivity contribution is 5.74. The van der Waals surface area contributed by atoms with Crippen LogP contribution in [0, 0.1) is 12.3 Å². The average Bonchev–Trinajstić information content (AvgIpc) is 2.69. The molecule has 1 N–H and O–H groups in total. The van der Waals surface area contributed by atoms with Crippen molar-refractivity contribution < 1.29 is 14.2 Å². The van der Waals surface area contributed by atoms with Gasteiger partial charge in [0.2, 0.25) is 0 Å². The molecule has 0 aliphatic heterocycles. The first-order chi connectivity index (χ1) is 14.1. The Balaban J connectivity index is 1.97. The summed E-state index contributed by atoms with van der Waals surface area (Å²) in [7, 11) is 0.